The van der Waals surface area contributed by atoms with E-state index in [-0.39, 0.29) is 6.54 Å². The molecule has 0 saturated heterocycles. The molecule has 1 aromatic carbocycles. The van der Waals surface area contributed by atoms with E-state index in [1.807, 2.05) is 0 Å². The Kier molecular flexibility index (Phi) is 5.04. The normalized spacial score (nSPS) is 12.7. The van der Waals surface area contributed by atoms with Crippen molar-refractivity contribution >= 4 is 22.4 Å². The molecular weight excluding hydrogens is 317 g/mol. The Hall–Kier alpha value is -2.06. The van der Waals surface area contributed by atoms with Crippen LogP contribution in [-0.2, 0) is 6.18 Å². The van der Waals surface area contributed by atoms with Crippen LogP contribution in [0.2, 0.25) is 0 Å². The van der Waals surface area contributed by atoms with Crippen LogP contribution < -0.4 is 10.6 Å². The Labute approximate surface area is 128 Å². The highest BCUT2D eigenvalue weighted by Crippen LogP contribution is 2.29. The van der Waals surface area contributed by atoms with Crippen molar-refractivity contribution in [3.8, 4) is 0 Å². The third-order valence-corrected chi connectivity index (χ3v) is 3.62. The maximum absolute atomic E-state index is 12.4. The molecule has 2 amide bonds. The van der Waals surface area contributed by atoms with Gasteiger partial charge < -0.3 is 10.4 Å². The molecule has 2 aromatic rings. The van der Waals surface area contributed by atoms with Crippen molar-refractivity contribution in [1.82, 2.24) is 5.32 Å². The van der Waals surface area contributed by atoms with Crippen molar-refractivity contribution in [2.45, 2.75) is 12.3 Å². The number of hydrogen-bond donors (Lipinski definition) is 3. The van der Waals surface area contributed by atoms with Gasteiger partial charge in [0.2, 0.25) is 0 Å². The molecule has 0 fully saturated rings. The third-order valence-electron chi connectivity index (χ3n) is 2.84. The number of carbonyl (C=O) groups excluding carboxylic acids is 1. The summed E-state index contributed by atoms with van der Waals surface area (Å²) in [5, 5.41) is 17.3. The molecule has 4 nitrogen and oxygen atoms in total. The van der Waals surface area contributed by atoms with E-state index in [9.17, 15) is 23.1 Å². The van der Waals surface area contributed by atoms with Crippen molar-refractivity contribution in [2.24, 2.45) is 0 Å². The van der Waals surface area contributed by atoms with Crippen LogP contribution in [0, 0.1) is 0 Å². The molecule has 0 aliphatic carbocycles. The minimum Gasteiger partial charge on any atom is -0.387 e. The van der Waals surface area contributed by atoms with Crippen LogP contribution in [0.15, 0.2) is 41.8 Å². The molecule has 0 saturated carbocycles. The fourth-order valence-electron chi connectivity index (χ4n) is 1.71. The van der Waals surface area contributed by atoms with Gasteiger partial charge in [0.05, 0.1) is 16.7 Å². The monoisotopic (exact) mass is 330 g/mol. The van der Waals surface area contributed by atoms with Gasteiger partial charge in [-0.05, 0) is 35.2 Å². The summed E-state index contributed by atoms with van der Waals surface area (Å²) in [6.07, 6.45) is -5.50. The first-order valence-corrected chi connectivity index (χ1v) is 7.18. The van der Waals surface area contributed by atoms with Crippen molar-refractivity contribution in [2.75, 3.05) is 11.9 Å². The number of nitrogens with one attached hydrogen (secondary N) is 2. The lowest BCUT2D eigenvalue weighted by Gasteiger charge is -2.14. The Morgan fingerprint density at radius 3 is 2.45 bits per heavy atom. The summed E-state index contributed by atoms with van der Waals surface area (Å²) >= 11 is 1.34. The molecule has 8 heteroatoms. The van der Waals surface area contributed by atoms with E-state index in [4.69, 9.17) is 0 Å². The average Bonchev–Trinajstić information content (AvgIpc) is 2.97. The van der Waals surface area contributed by atoms with Crippen molar-refractivity contribution in [1.29, 1.82) is 0 Å². The van der Waals surface area contributed by atoms with E-state index in [1.165, 1.54) is 23.5 Å². The number of benzene rings is 1. The first-order valence-electron chi connectivity index (χ1n) is 6.30. The van der Waals surface area contributed by atoms with Gasteiger partial charge in [0, 0.05) is 6.54 Å². The molecule has 1 unspecified atom stereocenters. The van der Waals surface area contributed by atoms with Gasteiger partial charge in [0.1, 0.15) is 0 Å². The lowest BCUT2D eigenvalue weighted by Crippen LogP contribution is -2.32. The van der Waals surface area contributed by atoms with Crippen molar-refractivity contribution in [3.05, 3.63) is 52.9 Å². The maximum atomic E-state index is 12.4. The Morgan fingerprint density at radius 2 is 1.91 bits per heavy atom. The average molecular weight is 330 g/mol. The summed E-state index contributed by atoms with van der Waals surface area (Å²) in [7, 11) is 0. The number of urea groups is 1. The van der Waals surface area contributed by atoms with Crippen molar-refractivity contribution in [3.63, 3.8) is 0 Å². The van der Waals surface area contributed by atoms with Crippen LogP contribution in [0.1, 0.15) is 17.2 Å². The molecule has 3 N–H and O–H groups in total. The second kappa shape index (κ2) is 6.80. The number of halogens is 3. The first kappa shape index (κ1) is 16.3. The summed E-state index contributed by atoms with van der Waals surface area (Å²) in [5.41, 5.74) is -0.490. The summed E-state index contributed by atoms with van der Waals surface area (Å²) in [5.74, 6) is 0. The Balaban J connectivity index is 1.86. The SMILES string of the molecule is O=C(NCC(O)c1ccc(C(F)(F)F)cc1)Nc1cccs1. The second-order valence-electron chi connectivity index (χ2n) is 4.45. The zero-order valence-electron chi connectivity index (χ0n) is 11.2. The number of aliphatic hydroxyl groups is 1. The van der Waals surface area contributed by atoms with Gasteiger partial charge in [-0.1, -0.05) is 12.1 Å². The highest BCUT2D eigenvalue weighted by atomic mass is 32.1. The Bertz CT molecular complexity index is 612. The lowest BCUT2D eigenvalue weighted by molar-refractivity contribution is -0.137. The number of carbonyl (C=O) groups is 1. The number of rotatable bonds is 4. The molecular formula is C14H13F3N2O2S. The fourth-order valence-corrected chi connectivity index (χ4v) is 2.32. The molecule has 0 radical (unpaired) electrons. The molecule has 1 heterocycles. The van der Waals surface area contributed by atoms with Gasteiger partial charge in [-0.15, -0.1) is 11.3 Å². The van der Waals surface area contributed by atoms with Crippen LogP contribution in [0.4, 0.5) is 23.0 Å². The first-order chi connectivity index (χ1) is 10.4. The van der Waals surface area contributed by atoms with Crippen LogP contribution in [-0.4, -0.2) is 17.7 Å². The zero-order chi connectivity index (χ0) is 16.2. The van der Waals surface area contributed by atoms with E-state index in [0.29, 0.717) is 10.6 Å². The summed E-state index contributed by atoms with van der Waals surface area (Å²) < 4.78 is 37.3. The van der Waals surface area contributed by atoms with E-state index in [2.05, 4.69) is 10.6 Å². The molecule has 1 atom stereocenters. The lowest BCUT2D eigenvalue weighted by atomic mass is 10.1. The Morgan fingerprint density at radius 1 is 1.23 bits per heavy atom. The molecule has 1 aromatic heterocycles. The standard InChI is InChI=1S/C14H13F3N2O2S/c15-14(16,17)10-5-3-9(4-6-10)11(20)8-18-13(21)19-12-2-1-7-22-12/h1-7,11,20H,8H2,(H2,18,19,21). The van der Waals surface area contributed by atoms with E-state index >= 15 is 0 Å². The summed E-state index contributed by atoms with van der Waals surface area (Å²) in [6.45, 7) is -0.109. The largest absolute Gasteiger partial charge is 0.416 e. The van der Waals surface area contributed by atoms with Crippen molar-refractivity contribution < 1.29 is 23.1 Å². The highest BCUT2D eigenvalue weighted by Gasteiger charge is 2.30. The number of thiophene rings is 1. The minimum atomic E-state index is -4.41. The van der Waals surface area contributed by atoms with Gasteiger partial charge in [-0.25, -0.2) is 4.79 Å². The minimum absolute atomic E-state index is 0.109. The van der Waals surface area contributed by atoms with Crippen LogP contribution in [0.3, 0.4) is 0 Å². The summed E-state index contributed by atoms with van der Waals surface area (Å²) in [6, 6.07) is 7.16. The van der Waals surface area contributed by atoms with Gasteiger partial charge in [-0.3, -0.25) is 5.32 Å². The molecule has 118 valence electrons. The zero-order valence-corrected chi connectivity index (χ0v) is 12.0. The van der Waals surface area contributed by atoms with Gasteiger partial charge >= 0.3 is 12.2 Å². The molecule has 0 aliphatic heterocycles. The molecule has 0 bridgehead atoms. The highest BCUT2D eigenvalue weighted by molar-refractivity contribution is 7.14. The predicted octanol–water partition coefficient (Wildman–Crippen LogP) is 3.62. The van der Waals surface area contributed by atoms with E-state index in [0.717, 1.165) is 12.1 Å². The fraction of sp³-hybridized carbons (Fsp3) is 0.214. The molecule has 22 heavy (non-hydrogen) atoms. The maximum Gasteiger partial charge on any atom is 0.416 e. The van der Waals surface area contributed by atoms with Gasteiger partial charge in [-0.2, -0.15) is 13.2 Å². The summed E-state index contributed by atoms with van der Waals surface area (Å²) in [4.78, 5) is 11.6. The predicted molar refractivity (Wildman–Crippen MR) is 77.7 cm³/mol. The third kappa shape index (κ3) is 4.47. The molecule has 0 spiro atoms. The van der Waals surface area contributed by atoms with Crippen LogP contribution >= 0.6 is 11.3 Å². The molecule has 2 rings (SSSR count). The van der Waals surface area contributed by atoms with E-state index in [1.54, 1.807) is 17.5 Å². The number of amides is 2. The number of alkyl halides is 3. The topological polar surface area (TPSA) is 61.4 Å². The quantitative estimate of drug-likeness (QED) is 0.802. The van der Waals surface area contributed by atoms with Gasteiger partial charge in [0.15, 0.2) is 0 Å². The number of hydrogen-bond acceptors (Lipinski definition) is 3. The second-order valence-corrected chi connectivity index (χ2v) is 5.40. The van der Waals surface area contributed by atoms with Crippen LogP contribution in [0.25, 0.3) is 0 Å². The van der Waals surface area contributed by atoms with Crippen LogP contribution in [0.5, 0.6) is 0 Å². The number of aliphatic hydroxyl groups excluding tert-OH is 1. The smallest absolute Gasteiger partial charge is 0.387 e. The number of anilines is 1. The van der Waals surface area contributed by atoms with E-state index < -0.39 is 23.9 Å². The molecule has 0 aliphatic rings. The van der Waals surface area contributed by atoms with Gasteiger partial charge in [0.25, 0.3) is 0 Å².